The second-order valence-corrected chi connectivity index (χ2v) is 8.15. The minimum Gasteiger partial charge on any atom is -0.444 e. The third-order valence-corrected chi connectivity index (χ3v) is 4.41. The zero-order valence-electron chi connectivity index (χ0n) is 13.8. The standard InChI is InChI=1S/C15H25N3O4S/c1-15(2,3)22-13(20)18-11(8-9-6-7-16-12(9)19)23-14(21)17-10-4-5-10/h9-11H,4-8H2,1-3H3,(H,16,19)(H,17,21)(H,18,20)/t9-,11+/m0/s1. The Morgan fingerprint density at radius 2 is 2.04 bits per heavy atom. The Morgan fingerprint density at radius 1 is 1.35 bits per heavy atom. The van der Waals surface area contributed by atoms with Gasteiger partial charge in [-0.2, -0.15) is 0 Å². The van der Waals surface area contributed by atoms with Crippen molar-refractivity contribution >= 4 is 29.0 Å². The smallest absolute Gasteiger partial charge is 0.408 e. The minimum absolute atomic E-state index is 0.0239. The Kier molecular flexibility index (Phi) is 5.78. The molecule has 130 valence electrons. The molecule has 0 bridgehead atoms. The molecule has 0 aromatic carbocycles. The van der Waals surface area contributed by atoms with E-state index in [0.717, 1.165) is 31.0 Å². The molecule has 0 radical (unpaired) electrons. The molecule has 0 aromatic heterocycles. The highest BCUT2D eigenvalue weighted by molar-refractivity contribution is 8.14. The zero-order valence-corrected chi connectivity index (χ0v) is 14.6. The van der Waals surface area contributed by atoms with Gasteiger partial charge in [-0.25, -0.2) is 4.79 Å². The molecule has 2 fully saturated rings. The Hall–Kier alpha value is -1.44. The van der Waals surface area contributed by atoms with Gasteiger partial charge in [0.1, 0.15) is 5.60 Å². The summed E-state index contributed by atoms with van der Waals surface area (Å²) in [7, 11) is 0. The van der Waals surface area contributed by atoms with Crippen LogP contribution in [0.5, 0.6) is 0 Å². The normalized spacial score (nSPS) is 22.2. The average molecular weight is 343 g/mol. The number of amides is 3. The van der Waals surface area contributed by atoms with Crippen LogP contribution in [0.2, 0.25) is 0 Å². The molecule has 1 saturated carbocycles. The average Bonchev–Trinajstić information content (AvgIpc) is 3.10. The molecule has 0 aromatic rings. The highest BCUT2D eigenvalue weighted by Gasteiger charge is 2.31. The molecule has 2 atom stereocenters. The molecule has 1 aliphatic carbocycles. The molecule has 3 amide bonds. The van der Waals surface area contributed by atoms with Crippen molar-refractivity contribution in [3.63, 3.8) is 0 Å². The van der Waals surface area contributed by atoms with Crippen molar-refractivity contribution < 1.29 is 19.1 Å². The van der Waals surface area contributed by atoms with Crippen LogP contribution in [0.4, 0.5) is 9.59 Å². The maximum absolute atomic E-state index is 12.0. The second-order valence-electron chi connectivity index (χ2n) is 6.97. The van der Waals surface area contributed by atoms with Crippen LogP contribution in [0.1, 0.15) is 46.5 Å². The van der Waals surface area contributed by atoms with E-state index in [2.05, 4.69) is 16.0 Å². The lowest BCUT2D eigenvalue weighted by Crippen LogP contribution is -2.40. The molecule has 23 heavy (non-hydrogen) atoms. The number of thioether (sulfide) groups is 1. The van der Waals surface area contributed by atoms with Crippen LogP contribution in [0.15, 0.2) is 0 Å². The Bertz CT molecular complexity index is 474. The summed E-state index contributed by atoms with van der Waals surface area (Å²) in [5, 5.41) is 7.69. The predicted molar refractivity (Wildman–Crippen MR) is 88.0 cm³/mol. The van der Waals surface area contributed by atoms with Crippen molar-refractivity contribution in [3.05, 3.63) is 0 Å². The fourth-order valence-corrected chi connectivity index (χ4v) is 3.24. The van der Waals surface area contributed by atoms with Crippen LogP contribution in [0.25, 0.3) is 0 Å². The van der Waals surface area contributed by atoms with Crippen molar-refractivity contribution in [2.24, 2.45) is 5.92 Å². The van der Waals surface area contributed by atoms with E-state index in [0.29, 0.717) is 13.0 Å². The molecule has 0 unspecified atom stereocenters. The number of hydrogen-bond donors (Lipinski definition) is 3. The molecular weight excluding hydrogens is 318 g/mol. The van der Waals surface area contributed by atoms with Crippen LogP contribution < -0.4 is 16.0 Å². The van der Waals surface area contributed by atoms with Gasteiger partial charge in [0.15, 0.2) is 0 Å². The van der Waals surface area contributed by atoms with Gasteiger partial charge in [-0.05, 0) is 58.2 Å². The molecule has 2 aliphatic rings. The SMILES string of the molecule is CC(C)(C)OC(=O)N[C@@H](C[C@@H]1CCNC1=O)SC(=O)NC1CC1. The van der Waals surface area contributed by atoms with Crippen LogP contribution >= 0.6 is 11.8 Å². The lowest BCUT2D eigenvalue weighted by Gasteiger charge is -2.24. The summed E-state index contributed by atoms with van der Waals surface area (Å²) in [6, 6.07) is 0.256. The molecule has 7 nitrogen and oxygen atoms in total. The molecule has 3 N–H and O–H groups in total. The monoisotopic (exact) mass is 343 g/mol. The fourth-order valence-electron chi connectivity index (χ4n) is 2.26. The number of ether oxygens (including phenoxy) is 1. The van der Waals surface area contributed by atoms with E-state index >= 15 is 0 Å². The third kappa shape index (κ3) is 6.68. The predicted octanol–water partition coefficient (Wildman–Crippen LogP) is 1.97. The number of carbonyl (C=O) groups excluding carboxylic acids is 3. The second kappa shape index (κ2) is 7.42. The molecule has 2 rings (SSSR count). The third-order valence-electron chi connectivity index (χ3n) is 3.49. The summed E-state index contributed by atoms with van der Waals surface area (Å²) in [6.07, 6.45) is 2.56. The number of hydrogen-bond acceptors (Lipinski definition) is 5. The Balaban J connectivity index is 1.90. The van der Waals surface area contributed by atoms with Gasteiger partial charge in [0.25, 0.3) is 5.24 Å². The van der Waals surface area contributed by atoms with Crippen molar-refractivity contribution in [1.82, 2.24) is 16.0 Å². The topological polar surface area (TPSA) is 96.5 Å². The summed E-state index contributed by atoms with van der Waals surface area (Å²) >= 11 is 1.01. The molecule has 1 heterocycles. The van der Waals surface area contributed by atoms with E-state index < -0.39 is 17.1 Å². The summed E-state index contributed by atoms with van der Waals surface area (Å²) < 4.78 is 5.24. The zero-order chi connectivity index (χ0) is 17.0. The summed E-state index contributed by atoms with van der Waals surface area (Å²) in [6.45, 7) is 5.97. The van der Waals surface area contributed by atoms with E-state index in [1.165, 1.54) is 0 Å². The summed E-state index contributed by atoms with van der Waals surface area (Å²) in [5.74, 6) is -0.208. The van der Waals surface area contributed by atoms with Gasteiger partial charge >= 0.3 is 6.09 Å². The highest BCUT2D eigenvalue weighted by atomic mass is 32.2. The van der Waals surface area contributed by atoms with Gasteiger partial charge in [-0.15, -0.1) is 0 Å². The van der Waals surface area contributed by atoms with Gasteiger partial charge in [0, 0.05) is 18.5 Å². The lowest BCUT2D eigenvalue weighted by molar-refractivity contribution is -0.122. The number of nitrogens with one attached hydrogen (secondary N) is 3. The van der Waals surface area contributed by atoms with E-state index in [-0.39, 0.29) is 23.1 Å². The van der Waals surface area contributed by atoms with Gasteiger partial charge in [0.2, 0.25) is 5.91 Å². The maximum atomic E-state index is 12.0. The first-order chi connectivity index (χ1) is 10.7. The number of carbonyl (C=O) groups is 3. The van der Waals surface area contributed by atoms with E-state index in [9.17, 15) is 14.4 Å². The maximum Gasteiger partial charge on any atom is 0.408 e. The van der Waals surface area contributed by atoms with Crippen LogP contribution in [0, 0.1) is 5.92 Å². The van der Waals surface area contributed by atoms with Crippen LogP contribution in [0.3, 0.4) is 0 Å². The first-order valence-corrected chi connectivity index (χ1v) is 8.85. The van der Waals surface area contributed by atoms with Gasteiger partial charge in [0.05, 0.1) is 5.37 Å². The molecular formula is C15H25N3O4S. The Morgan fingerprint density at radius 3 is 2.57 bits per heavy atom. The molecule has 8 heteroatoms. The Labute approximate surface area is 140 Å². The largest absolute Gasteiger partial charge is 0.444 e. The van der Waals surface area contributed by atoms with Gasteiger partial charge in [-0.3, -0.25) is 9.59 Å². The first kappa shape index (κ1) is 17.9. The van der Waals surface area contributed by atoms with Crippen molar-refractivity contribution in [2.75, 3.05) is 6.54 Å². The molecule has 0 spiro atoms. The van der Waals surface area contributed by atoms with Crippen LogP contribution in [-0.4, -0.2) is 40.8 Å². The summed E-state index contributed by atoms with van der Waals surface area (Å²) in [4.78, 5) is 35.7. The fraction of sp³-hybridized carbons (Fsp3) is 0.800. The van der Waals surface area contributed by atoms with Gasteiger partial charge in [-0.1, -0.05) is 0 Å². The molecule has 1 aliphatic heterocycles. The van der Waals surface area contributed by atoms with E-state index in [4.69, 9.17) is 4.74 Å². The number of rotatable bonds is 5. The lowest BCUT2D eigenvalue weighted by atomic mass is 10.0. The van der Waals surface area contributed by atoms with E-state index in [1.54, 1.807) is 20.8 Å². The van der Waals surface area contributed by atoms with Crippen molar-refractivity contribution in [2.45, 2.75) is 63.5 Å². The number of alkyl carbamates (subject to hydrolysis) is 1. The first-order valence-electron chi connectivity index (χ1n) is 7.97. The van der Waals surface area contributed by atoms with E-state index in [1.807, 2.05) is 0 Å². The highest BCUT2D eigenvalue weighted by Crippen LogP contribution is 2.25. The quantitative estimate of drug-likeness (QED) is 0.663. The summed E-state index contributed by atoms with van der Waals surface area (Å²) in [5.41, 5.74) is -0.611. The molecule has 1 saturated heterocycles. The van der Waals surface area contributed by atoms with Crippen molar-refractivity contribution in [3.8, 4) is 0 Å². The van der Waals surface area contributed by atoms with Crippen LogP contribution in [-0.2, 0) is 9.53 Å². The van der Waals surface area contributed by atoms with Crippen molar-refractivity contribution in [1.29, 1.82) is 0 Å². The van der Waals surface area contributed by atoms with Gasteiger partial charge < -0.3 is 20.7 Å². The minimum atomic E-state index is -0.611.